The third-order valence-corrected chi connectivity index (χ3v) is 5.77. The number of fused-ring (bicyclic) bond motifs is 1. The van der Waals surface area contributed by atoms with Crippen LogP contribution in [0.1, 0.15) is 78.4 Å². The van der Waals surface area contributed by atoms with Crippen LogP contribution in [-0.4, -0.2) is 4.57 Å². The van der Waals surface area contributed by atoms with Crippen LogP contribution in [-0.2, 0) is 7.05 Å². The fraction of sp³-hybridized carbons (Fsp3) is 0.333. The second-order valence-electron chi connectivity index (χ2n) is 9.81. The molecule has 0 aliphatic heterocycles. The Kier molecular flexibility index (Phi) is 17.8. The Morgan fingerprint density at radius 3 is 1.56 bits per heavy atom. The summed E-state index contributed by atoms with van der Waals surface area (Å²) in [5.74, 6) is 0.311. The standard InChI is InChI=1S/C12H15N.C9H10F2.C7H12.C6H6.C2H6/c1-9(2)11-8-13(3)12-7-5-4-6-10(11)12;1-6(2)7-3-8(10)5-9(11)4-7;1-5-7(4)6(2)3;1-2-4-6-5-3-1;1-2/h4-9H,1-3H3;3-6H,1-2H3;5-6H,1,4H2,2-3H3;1-6H;1-2H3. The lowest BCUT2D eigenvalue weighted by molar-refractivity contribution is 0.577. The Morgan fingerprint density at radius 1 is 0.744 bits per heavy atom. The third-order valence-electron chi connectivity index (χ3n) is 5.77. The zero-order valence-electron chi connectivity index (χ0n) is 25.5. The van der Waals surface area contributed by atoms with Gasteiger partial charge in [-0.25, -0.2) is 8.78 Å². The fourth-order valence-electron chi connectivity index (χ4n) is 3.36. The summed E-state index contributed by atoms with van der Waals surface area (Å²) in [5.41, 5.74) is 4.58. The van der Waals surface area contributed by atoms with Crippen LogP contribution in [0, 0.1) is 17.6 Å². The Labute approximate surface area is 236 Å². The van der Waals surface area contributed by atoms with Gasteiger partial charge in [0.2, 0.25) is 0 Å². The van der Waals surface area contributed by atoms with Gasteiger partial charge >= 0.3 is 0 Å². The Morgan fingerprint density at radius 2 is 1.21 bits per heavy atom. The molecular weight excluding hydrogens is 484 g/mol. The first-order valence-electron chi connectivity index (χ1n) is 13.8. The second-order valence-corrected chi connectivity index (χ2v) is 9.81. The van der Waals surface area contributed by atoms with Gasteiger partial charge in [-0.05, 0) is 47.1 Å². The predicted molar refractivity (Wildman–Crippen MR) is 169 cm³/mol. The summed E-state index contributed by atoms with van der Waals surface area (Å²) in [6, 6.07) is 24.2. The molecule has 1 nitrogen and oxygen atoms in total. The van der Waals surface area contributed by atoms with Gasteiger partial charge in [0.05, 0.1) is 0 Å². The number of halogens is 2. The average molecular weight is 534 g/mol. The van der Waals surface area contributed by atoms with Gasteiger partial charge in [0.15, 0.2) is 0 Å². The van der Waals surface area contributed by atoms with E-state index in [-0.39, 0.29) is 5.92 Å². The van der Waals surface area contributed by atoms with Gasteiger partial charge in [-0.2, -0.15) is 0 Å². The second kappa shape index (κ2) is 19.6. The van der Waals surface area contributed by atoms with E-state index in [1.165, 1.54) is 28.6 Å². The van der Waals surface area contributed by atoms with Crippen molar-refractivity contribution in [3.05, 3.63) is 133 Å². The smallest absolute Gasteiger partial charge is 0.126 e. The maximum Gasteiger partial charge on any atom is 0.126 e. The molecule has 3 aromatic carbocycles. The van der Waals surface area contributed by atoms with Gasteiger partial charge in [0, 0.05) is 30.2 Å². The molecular formula is C36H49F2N. The van der Waals surface area contributed by atoms with Gasteiger partial charge < -0.3 is 4.57 Å². The molecule has 0 aliphatic rings. The van der Waals surface area contributed by atoms with E-state index >= 15 is 0 Å². The Bertz CT molecular complexity index is 1170. The van der Waals surface area contributed by atoms with Gasteiger partial charge in [-0.15, -0.1) is 0 Å². The molecule has 212 valence electrons. The van der Waals surface area contributed by atoms with Crippen molar-refractivity contribution in [3.63, 3.8) is 0 Å². The van der Waals surface area contributed by atoms with Gasteiger partial charge in [0.25, 0.3) is 0 Å². The minimum Gasteiger partial charge on any atom is -0.350 e. The van der Waals surface area contributed by atoms with Crippen LogP contribution in [0.4, 0.5) is 8.78 Å². The van der Waals surface area contributed by atoms with Crippen molar-refractivity contribution in [1.29, 1.82) is 0 Å². The lowest BCUT2D eigenvalue weighted by Crippen LogP contribution is -1.90. The number of para-hydroxylation sites is 1. The zero-order chi connectivity index (χ0) is 30.0. The first-order valence-corrected chi connectivity index (χ1v) is 13.8. The molecule has 0 fully saturated rings. The molecule has 39 heavy (non-hydrogen) atoms. The largest absolute Gasteiger partial charge is 0.350 e. The third kappa shape index (κ3) is 13.8. The highest BCUT2D eigenvalue weighted by atomic mass is 19.1. The Balaban J connectivity index is 0.000000505. The molecule has 0 radical (unpaired) electrons. The van der Waals surface area contributed by atoms with E-state index in [0.717, 1.165) is 11.6 Å². The van der Waals surface area contributed by atoms with Crippen LogP contribution in [0.5, 0.6) is 0 Å². The quantitative estimate of drug-likeness (QED) is 0.230. The number of hydrogen-bond acceptors (Lipinski definition) is 0. The minimum atomic E-state index is -0.506. The van der Waals surface area contributed by atoms with Gasteiger partial charge in [0.1, 0.15) is 11.6 Å². The van der Waals surface area contributed by atoms with Crippen LogP contribution >= 0.6 is 0 Å². The van der Waals surface area contributed by atoms with E-state index in [2.05, 4.69) is 82.9 Å². The van der Waals surface area contributed by atoms with Crippen LogP contribution in [0.15, 0.2) is 110 Å². The molecule has 0 bridgehead atoms. The molecule has 4 aromatic rings. The summed E-state index contributed by atoms with van der Waals surface area (Å²) in [6.45, 7) is 23.8. The molecule has 3 heteroatoms. The predicted octanol–water partition coefficient (Wildman–Crippen LogP) is 11.5. The van der Waals surface area contributed by atoms with Crippen LogP contribution < -0.4 is 0 Å². The van der Waals surface area contributed by atoms with E-state index in [9.17, 15) is 8.78 Å². The van der Waals surface area contributed by atoms with E-state index in [1.807, 2.05) is 64.1 Å². The highest BCUT2D eigenvalue weighted by Crippen LogP contribution is 2.26. The van der Waals surface area contributed by atoms with E-state index in [4.69, 9.17) is 0 Å². The number of aryl methyl sites for hydroxylation is 1. The topological polar surface area (TPSA) is 4.93 Å². The maximum atomic E-state index is 12.5. The van der Waals surface area contributed by atoms with Gasteiger partial charge in [-0.3, -0.25) is 0 Å². The van der Waals surface area contributed by atoms with E-state index < -0.39 is 11.6 Å². The Hall–Kier alpha value is -3.46. The molecule has 0 spiro atoms. The highest BCUT2D eigenvalue weighted by Gasteiger charge is 2.08. The molecule has 4 rings (SSSR count). The first kappa shape index (κ1) is 35.5. The first-order chi connectivity index (χ1) is 18.5. The number of allylic oxidation sites excluding steroid dienone is 2. The zero-order valence-corrected chi connectivity index (χ0v) is 25.5. The molecule has 1 aromatic heterocycles. The number of hydrogen-bond donors (Lipinski definition) is 0. The number of benzene rings is 3. The van der Waals surface area contributed by atoms with Gasteiger partial charge in [-0.1, -0.05) is 135 Å². The summed E-state index contributed by atoms with van der Waals surface area (Å²) in [7, 11) is 2.11. The number of rotatable bonds is 4. The molecule has 0 saturated heterocycles. The van der Waals surface area contributed by atoms with Crippen molar-refractivity contribution in [2.45, 2.75) is 67.2 Å². The lowest BCUT2D eigenvalue weighted by Gasteiger charge is -2.04. The van der Waals surface area contributed by atoms with Crippen molar-refractivity contribution < 1.29 is 8.78 Å². The molecule has 1 heterocycles. The molecule has 0 amide bonds. The number of nitrogens with zero attached hydrogens (tertiary/aromatic N) is 1. The SMILES string of the molecule is C=CC(=C)C(C)C.CC.CC(C)c1cc(F)cc(F)c1.CC(C)c1cn(C)c2ccccc12.c1ccccc1. The van der Waals surface area contributed by atoms with Crippen LogP contribution in [0.25, 0.3) is 10.9 Å². The van der Waals surface area contributed by atoms with Crippen molar-refractivity contribution >= 4 is 10.9 Å². The molecule has 0 unspecified atom stereocenters. The summed E-state index contributed by atoms with van der Waals surface area (Å²) >= 11 is 0. The fourth-order valence-corrected chi connectivity index (χ4v) is 3.36. The monoisotopic (exact) mass is 533 g/mol. The maximum absolute atomic E-state index is 12.5. The lowest BCUT2D eigenvalue weighted by atomic mass is 10.0. The van der Waals surface area contributed by atoms with Crippen molar-refractivity contribution in [2.75, 3.05) is 0 Å². The van der Waals surface area contributed by atoms with E-state index in [0.29, 0.717) is 17.4 Å². The normalized spacial score (nSPS) is 9.79. The summed E-state index contributed by atoms with van der Waals surface area (Å²) in [4.78, 5) is 0. The highest BCUT2D eigenvalue weighted by molar-refractivity contribution is 5.84. The molecule has 0 atom stereocenters. The van der Waals surface area contributed by atoms with E-state index in [1.54, 1.807) is 6.08 Å². The average Bonchev–Trinajstić information content (AvgIpc) is 3.27. The molecule has 0 saturated carbocycles. The van der Waals surface area contributed by atoms with Crippen LogP contribution in [0.2, 0.25) is 0 Å². The van der Waals surface area contributed by atoms with Crippen molar-refractivity contribution in [1.82, 2.24) is 4.57 Å². The van der Waals surface area contributed by atoms with Crippen LogP contribution in [0.3, 0.4) is 0 Å². The molecule has 0 N–H and O–H groups in total. The van der Waals surface area contributed by atoms with Crippen molar-refractivity contribution in [2.24, 2.45) is 13.0 Å². The van der Waals surface area contributed by atoms with Crippen molar-refractivity contribution in [3.8, 4) is 0 Å². The summed E-state index contributed by atoms with van der Waals surface area (Å²) in [6.07, 6.45) is 4.03. The summed E-state index contributed by atoms with van der Waals surface area (Å²) in [5, 5.41) is 1.39. The molecule has 0 aliphatic carbocycles. The minimum absolute atomic E-state index is 0.167. The summed E-state index contributed by atoms with van der Waals surface area (Å²) < 4.78 is 27.3. The number of aromatic nitrogens is 1.